The monoisotopic (exact) mass is 294 g/mol. The number of aliphatic hydroxyl groups is 1. The molecule has 0 radical (unpaired) electrons. The van der Waals surface area contributed by atoms with Gasteiger partial charge in [0.15, 0.2) is 0 Å². The van der Waals surface area contributed by atoms with Gasteiger partial charge in [0.1, 0.15) is 5.70 Å². The zero-order valence-electron chi connectivity index (χ0n) is 12.4. The van der Waals surface area contributed by atoms with Crippen molar-refractivity contribution in [1.29, 1.82) is 0 Å². The van der Waals surface area contributed by atoms with Crippen molar-refractivity contribution < 1.29 is 19.8 Å². The summed E-state index contributed by atoms with van der Waals surface area (Å²) in [4.78, 5) is 25.3. The van der Waals surface area contributed by atoms with Crippen LogP contribution in [-0.4, -0.2) is 52.2 Å². The average molecular weight is 294 g/mol. The van der Waals surface area contributed by atoms with Crippen molar-refractivity contribution in [2.75, 3.05) is 13.1 Å². The maximum atomic E-state index is 12.2. The van der Waals surface area contributed by atoms with Gasteiger partial charge >= 0.3 is 5.97 Å². The highest BCUT2D eigenvalue weighted by Crippen LogP contribution is 2.50. The van der Waals surface area contributed by atoms with Crippen LogP contribution in [0.1, 0.15) is 26.7 Å². The van der Waals surface area contributed by atoms with E-state index >= 15 is 0 Å². The second-order valence-electron chi connectivity index (χ2n) is 6.39. The highest BCUT2D eigenvalue weighted by molar-refractivity contribution is 6.00. The summed E-state index contributed by atoms with van der Waals surface area (Å²) >= 11 is 0. The zero-order valence-corrected chi connectivity index (χ0v) is 12.4. The molecule has 0 aromatic rings. The predicted octanol–water partition coefficient (Wildman–Crippen LogP) is 0.182. The standard InChI is InChI=1S/C15H22N2O4/c1-7-10(9-3-5-16-6-4-9)13(15(20)21)17-12(7)11(8(2)18)14(17)19/h7-9,11-12,16,18H,3-6H2,1-2H3,(H,20,21)/t7?,8-,11-,12-/m1/s1. The number of rotatable bonds is 3. The van der Waals surface area contributed by atoms with Gasteiger partial charge in [0.2, 0.25) is 5.91 Å². The fourth-order valence-corrected chi connectivity index (χ4v) is 4.28. The molecule has 3 aliphatic heterocycles. The fraction of sp³-hybridized carbons (Fsp3) is 0.733. The number of carbonyl (C=O) groups is 2. The van der Waals surface area contributed by atoms with Gasteiger partial charge in [0, 0.05) is 5.92 Å². The van der Waals surface area contributed by atoms with E-state index in [4.69, 9.17) is 0 Å². The maximum absolute atomic E-state index is 12.2. The summed E-state index contributed by atoms with van der Waals surface area (Å²) in [5, 5.41) is 22.7. The summed E-state index contributed by atoms with van der Waals surface area (Å²) in [5.74, 6) is -1.50. The maximum Gasteiger partial charge on any atom is 0.352 e. The molecule has 0 bridgehead atoms. The molecule has 3 heterocycles. The SMILES string of the molecule is CC1C(C2CCNCC2)=C(C(=O)O)N2C(=O)[C@H]([C@@H](C)O)[C@@H]12. The molecule has 0 spiro atoms. The van der Waals surface area contributed by atoms with Crippen molar-refractivity contribution in [3.05, 3.63) is 11.3 Å². The second kappa shape index (κ2) is 5.10. The first-order chi connectivity index (χ1) is 9.95. The Kier molecular flexibility index (Phi) is 3.53. The Morgan fingerprint density at radius 2 is 2.00 bits per heavy atom. The molecule has 3 aliphatic rings. The molecule has 0 aromatic heterocycles. The highest BCUT2D eigenvalue weighted by atomic mass is 16.4. The summed E-state index contributed by atoms with van der Waals surface area (Å²) < 4.78 is 0. The van der Waals surface area contributed by atoms with Crippen LogP contribution in [0.5, 0.6) is 0 Å². The number of β-lactam (4-membered cyclic amide) rings is 1. The van der Waals surface area contributed by atoms with E-state index in [1.165, 1.54) is 4.90 Å². The van der Waals surface area contributed by atoms with Crippen LogP contribution in [0.4, 0.5) is 0 Å². The lowest BCUT2D eigenvalue weighted by molar-refractivity contribution is -0.163. The number of hydrogen-bond acceptors (Lipinski definition) is 4. The summed E-state index contributed by atoms with van der Waals surface area (Å²) in [6.45, 7) is 5.36. The van der Waals surface area contributed by atoms with Gasteiger partial charge in [-0.2, -0.15) is 0 Å². The minimum atomic E-state index is -1.02. The lowest BCUT2D eigenvalue weighted by Gasteiger charge is -2.46. The molecule has 0 aliphatic carbocycles. The molecule has 2 saturated heterocycles. The second-order valence-corrected chi connectivity index (χ2v) is 6.39. The van der Waals surface area contributed by atoms with Gasteiger partial charge in [-0.1, -0.05) is 6.92 Å². The van der Waals surface area contributed by atoms with Crippen LogP contribution in [0.2, 0.25) is 0 Å². The van der Waals surface area contributed by atoms with E-state index in [9.17, 15) is 19.8 Å². The van der Waals surface area contributed by atoms with Crippen LogP contribution in [0.3, 0.4) is 0 Å². The van der Waals surface area contributed by atoms with E-state index in [2.05, 4.69) is 5.32 Å². The van der Waals surface area contributed by atoms with Gasteiger partial charge in [0.25, 0.3) is 0 Å². The Labute approximate surface area is 123 Å². The number of aliphatic hydroxyl groups excluding tert-OH is 1. The molecule has 116 valence electrons. The number of piperidine rings is 1. The predicted molar refractivity (Wildman–Crippen MR) is 75.2 cm³/mol. The first-order valence-electron chi connectivity index (χ1n) is 7.64. The first kappa shape index (κ1) is 14.5. The summed E-state index contributed by atoms with van der Waals surface area (Å²) in [7, 11) is 0. The molecule has 0 saturated carbocycles. The molecule has 2 fully saturated rings. The van der Waals surface area contributed by atoms with E-state index in [-0.39, 0.29) is 29.5 Å². The van der Waals surface area contributed by atoms with Crippen molar-refractivity contribution in [3.63, 3.8) is 0 Å². The highest BCUT2D eigenvalue weighted by Gasteiger charge is 2.60. The number of carboxylic acid groups (broad SMARTS) is 1. The average Bonchev–Trinajstić information content (AvgIpc) is 2.69. The van der Waals surface area contributed by atoms with Crippen LogP contribution in [-0.2, 0) is 9.59 Å². The smallest absolute Gasteiger partial charge is 0.352 e. The van der Waals surface area contributed by atoms with Gasteiger partial charge in [-0.25, -0.2) is 4.79 Å². The molecule has 4 atom stereocenters. The Morgan fingerprint density at radius 1 is 1.38 bits per heavy atom. The molecular formula is C15H22N2O4. The van der Waals surface area contributed by atoms with Crippen LogP contribution in [0.25, 0.3) is 0 Å². The lowest BCUT2D eigenvalue weighted by Crippen LogP contribution is -2.63. The van der Waals surface area contributed by atoms with Gasteiger partial charge in [0.05, 0.1) is 18.1 Å². The van der Waals surface area contributed by atoms with E-state index in [0.29, 0.717) is 0 Å². The van der Waals surface area contributed by atoms with Crippen molar-refractivity contribution in [2.45, 2.75) is 38.8 Å². The molecule has 6 nitrogen and oxygen atoms in total. The van der Waals surface area contributed by atoms with Crippen molar-refractivity contribution >= 4 is 11.9 Å². The van der Waals surface area contributed by atoms with Gasteiger partial charge in [-0.15, -0.1) is 0 Å². The van der Waals surface area contributed by atoms with Gasteiger partial charge in [-0.05, 0) is 44.3 Å². The molecule has 3 N–H and O–H groups in total. The van der Waals surface area contributed by atoms with Crippen molar-refractivity contribution in [1.82, 2.24) is 10.2 Å². The number of aliphatic carboxylic acids is 1. The van der Waals surface area contributed by atoms with Gasteiger partial charge in [-0.3, -0.25) is 4.79 Å². The number of carbonyl (C=O) groups excluding carboxylic acids is 1. The van der Waals surface area contributed by atoms with Crippen LogP contribution >= 0.6 is 0 Å². The summed E-state index contributed by atoms with van der Waals surface area (Å²) in [5.41, 5.74) is 1.09. The van der Waals surface area contributed by atoms with E-state index < -0.39 is 18.0 Å². The number of nitrogens with zero attached hydrogens (tertiary/aromatic N) is 1. The lowest BCUT2D eigenvalue weighted by atomic mass is 9.74. The molecular weight excluding hydrogens is 272 g/mol. The van der Waals surface area contributed by atoms with E-state index in [1.807, 2.05) is 6.92 Å². The van der Waals surface area contributed by atoms with Crippen molar-refractivity contribution in [2.24, 2.45) is 17.8 Å². The molecule has 6 heteroatoms. The minimum absolute atomic E-state index is 0.0106. The molecule has 3 rings (SSSR count). The summed E-state index contributed by atoms with van der Waals surface area (Å²) in [6, 6.07) is -0.187. The Balaban J connectivity index is 1.97. The van der Waals surface area contributed by atoms with Crippen molar-refractivity contribution in [3.8, 4) is 0 Å². The fourth-order valence-electron chi connectivity index (χ4n) is 4.28. The normalized spacial score (nSPS) is 34.7. The first-order valence-corrected chi connectivity index (χ1v) is 7.64. The van der Waals surface area contributed by atoms with Crippen LogP contribution < -0.4 is 5.32 Å². The van der Waals surface area contributed by atoms with E-state index in [1.54, 1.807) is 6.92 Å². The third-order valence-electron chi connectivity index (χ3n) is 5.21. The third kappa shape index (κ3) is 2.00. The Morgan fingerprint density at radius 3 is 2.52 bits per heavy atom. The largest absolute Gasteiger partial charge is 0.477 e. The third-order valence-corrected chi connectivity index (χ3v) is 5.21. The zero-order chi connectivity index (χ0) is 15.3. The van der Waals surface area contributed by atoms with Crippen LogP contribution in [0.15, 0.2) is 11.3 Å². The number of carboxylic acids is 1. The topological polar surface area (TPSA) is 89.9 Å². The van der Waals surface area contributed by atoms with Gasteiger partial charge < -0.3 is 20.4 Å². The minimum Gasteiger partial charge on any atom is -0.477 e. The summed E-state index contributed by atoms with van der Waals surface area (Å²) in [6.07, 6.45) is 1.08. The molecule has 1 amide bonds. The van der Waals surface area contributed by atoms with E-state index in [0.717, 1.165) is 31.5 Å². The Hall–Kier alpha value is -1.40. The molecule has 1 unspecified atom stereocenters. The quantitative estimate of drug-likeness (QED) is 0.646. The molecule has 21 heavy (non-hydrogen) atoms. The Bertz CT molecular complexity index is 508. The van der Waals surface area contributed by atoms with Crippen LogP contribution in [0, 0.1) is 17.8 Å². The number of hydrogen-bond donors (Lipinski definition) is 3. The number of fused-ring (bicyclic) bond motifs is 1. The number of nitrogens with one attached hydrogen (secondary N) is 1. The molecule has 0 aromatic carbocycles. The number of amides is 1.